The molecular weight excluding hydrogens is 248 g/mol. The van der Waals surface area contributed by atoms with Gasteiger partial charge in [-0.25, -0.2) is 4.79 Å². The van der Waals surface area contributed by atoms with Crippen LogP contribution in [-0.4, -0.2) is 40.4 Å². The Balaban J connectivity index is 2.29. The average molecular weight is 272 g/mol. The Kier molecular flexibility index (Phi) is 5.60. The normalized spacial score (nSPS) is 26.3. The van der Waals surface area contributed by atoms with E-state index >= 15 is 0 Å². The predicted molar refractivity (Wildman–Crippen MR) is 70.8 cm³/mol. The third-order valence-corrected chi connectivity index (χ3v) is 3.43. The molecule has 6 nitrogen and oxygen atoms in total. The monoisotopic (exact) mass is 272 g/mol. The molecule has 3 unspecified atom stereocenters. The maximum absolute atomic E-state index is 11.7. The molecule has 110 valence electrons. The number of aliphatic carboxylic acids is 1. The Bertz CT molecular complexity index is 331. The first-order valence-corrected chi connectivity index (χ1v) is 6.77. The summed E-state index contributed by atoms with van der Waals surface area (Å²) in [6.45, 7) is 3.49. The third-order valence-electron chi connectivity index (χ3n) is 3.43. The molecular formula is C13H24N2O4. The SMILES string of the molecule is CC1CCCC(NC(=O)NCC(C)(O)CC(=O)O)C1. The number of rotatable bonds is 5. The molecule has 0 heterocycles. The molecule has 0 aliphatic heterocycles. The van der Waals surface area contributed by atoms with Crippen LogP contribution in [0, 0.1) is 5.92 Å². The standard InChI is InChI=1S/C13H24N2O4/c1-9-4-3-5-10(6-9)15-12(18)14-8-13(2,19)7-11(16)17/h9-10,19H,3-8H2,1-2H3,(H,16,17)(H2,14,15,18). The zero-order chi connectivity index (χ0) is 14.5. The minimum atomic E-state index is -1.43. The van der Waals surface area contributed by atoms with Gasteiger partial charge in [-0.3, -0.25) is 4.79 Å². The molecule has 1 rings (SSSR count). The summed E-state index contributed by atoms with van der Waals surface area (Å²) in [5, 5.41) is 23.8. The first-order valence-electron chi connectivity index (χ1n) is 6.77. The highest BCUT2D eigenvalue weighted by Crippen LogP contribution is 2.23. The number of aliphatic hydroxyl groups is 1. The van der Waals surface area contributed by atoms with E-state index in [-0.39, 0.29) is 18.6 Å². The van der Waals surface area contributed by atoms with Crippen molar-refractivity contribution in [3.63, 3.8) is 0 Å². The first-order chi connectivity index (χ1) is 8.78. The van der Waals surface area contributed by atoms with Crippen LogP contribution >= 0.6 is 0 Å². The molecule has 3 atom stereocenters. The number of carbonyl (C=O) groups excluding carboxylic acids is 1. The molecule has 0 saturated heterocycles. The lowest BCUT2D eigenvalue weighted by Gasteiger charge is -2.28. The van der Waals surface area contributed by atoms with Gasteiger partial charge in [0, 0.05) is 12.6 Å². The van der Waals surface area contributed by atoms with E-state index in [4.69, 9.17) is 5.11 Å². The lowest BCUT2D eigenvalue weighted by atomic mass is 9.87. The van der Waals surface area contributed by atoms with Crippen LogP contribution in [0.5, 0.6) is 0 Å². The fraction of sp³-hybridized carbons (Fsp3) is 0.846. The van der Waals surface area contributed by atoms with Gasteiger partial charge >= 0.3 is 12.0 Å². The van der Waals surface area contributed by atoms with Crippen LogP contribution in [-0.2, 0) is 4.79 Å². The number of hydrogen-bond donors (Lipinski definition) is 4. The fourth-order valence-corrected chi connectivity index (χ4v) is 2.46. The van der Waals surface area contributed by atoms with E-state index < -0.39 is 18.0 Å². The maximum Gasteiger partial charge on any atom is 0.315 e. The Hall–Kier alpha value is -1.30. The van der Waals surface area contributed by atoms with E-state index in [0.717, 1.165) is 19.3 Å². The molecule has 1 fully saturated rings. The summed E-state index contributed by atoms with van der Waals surface area (Å²) in [5.41, 5.74) is -1.43. The van der Waals surface area contributed by atoms with Gasteiger partial charge < -0.3 is 20.8 Å². The molecule has 6 heteroatoms. The molecule has 1 aliphatic carbocycles. The predicted octanol–water partition coefficient (Wildman–Crippen LogP) is 1.09. The summed E-state index contributed by atoms with van der Waals surface area (Å²) in [7, 11) is 0. The van der Waals surface area contributed by atoms with Gasteiger partial charge in [-0.15, -0.1) is 0 Å². The van der Waals surface area contributed by atoms with Crippen molar-refractivity contribution >= 4 is 12.0 Å². The summed E-state index contributed by atoms with van der Waals surface area (Å²) in [6, 6.07) is -0.169. The Labute approximate surface area is 113 Å². The van der Waals surface area contributed by atoms with Gasteiger partial charge in [0.2, 0.25) is 0 Å². The van der Waals surface area contributed by atoms with Crippen molar-refractivity contribution in [1.29, 1.82) is 0 Å². The Morgan fingerprint density at radius 1 is 1.37 bits per heavy atom. The average Bonchev–Trinajstić information content (AvgIpc) is 2.25. The number of hydrogen-bond acceptors (Lipinski definition) is 3. The lowest BCUT2D eigenvalue weighted by molar-refractivity contribution is -0.141. The number of carboxylic acids is 1. The Morgan fingerprint density at radius 2 is 2.05 bits per heavy atom. The van der Waals surface area contributed by atoms with Crippen LogP contribution in [0.25, 0.3) is 0 Å². The van der Waals surface area contributed by atoms with Crippen molar-refractivity contribution in [3.05, 3.63) is 0 Å². The summed E-state index contributed by atoms with van der Waals surface area (Å²) in [4.78, 5) is 22.2. The third kappa shape index (κ3) is 6.42. The van der Waals surface area contributed by atoms with Gasteiger partial charge in [-0.1, -0.05) is 19.8 Å². The van der Waals surface area contributed by atoms with Gasteiger partial charge in [-0.05, 0) is 25.7 Å². The molecule has 0 spiro atoms. The topological polar surface area (TPSA) is 98.7 Å². The molecule has 1 aliphatic rings. The molecule has 4 N–H and O–H groups in total. The highest BCUT2D eigenvalue weighted by atomic mass is 16.4. The van der Waals surface area contributed by atoms with Crippen molar-refractivity contribution in [3.8, 4) is 0 Å². The highest BCUT2D eigenvalue weighted by molar-refractivity contribution is 5.74. The molecule has 1 saturated carbocycles. The molecule has 0 radical (unpaired) electrons. The van der Waals surface area contributed by atoms with Gasteiger partial charge in [0.05, 0.1) is 12.0 Å². The van der Waals surface area contributed by atoms with Crippen molar-refractivity contribution in [2.24, 2.45) is 5.92 Å². The van der Waals surface area contributed by atoms with Crippen molar-refractivity contribution in [2.45, 2.75) is 57.6 Å². The van der Waals surface area contributed by atoms with Crippen molar-refractivity contribution in [2.75, 3.05) is 6.54 Å². The molecule has 2 amide bonds. The quantitative estimate of drug-likeness (QED) is 0.602. The van der Waals surface area contributed by atoms with Gasteiger partial charge in [-0.2, -0.15) is 0 Å². The number of carbonyl (C=O) groups is 2. The zero-order valence-electron chi connectivity index (χ0n) is 11.6. The van der Waals surface area contributed by atoms with Gasteiger partial charge in [0.1, 0.15) is 0 Å². The molecule has 0 bridgehead atoms. The minimum Gasteiger partial charge on any atom is -0.481 e. The summed E-state index contributed by atoms with van der Waals surface area (Å²) in [5.74, 6) is -0.470. The number of urea groups is 1. The highest BCUT2D eigenvalue weighted by Gasteiger charge is 2.26. The summed E-state index contributed by atoms with van der Waals surface area (Å²) in [6.07, 6.45) is 3.87. The molecule has 0 aromatic rings. The Morgan fingerprint density at radius 3 is 2.63 bits per heavy atom. The van der Waals surface area contributed by atoms with Crippen LogP contribution in [0.2, 0.25) is 0 Å². The summed E-state index contributed by atoms with van der Waals surface area (Å²) < 4.78 is 0. The van der Waals surface area contributed by atoms with Crippen LogP contribution in [0.4, 0.5) is 4.79 Å². The van der Waals surface area contributed by atoms with E-state index in [1.165, 1.54) is 13.3 Å². The van der Waals surface area contributed by atoms with Crippen LogP contribution in [0.1, 0.15) is 46.0 Å². The largest absolute Gasteiger partial charge is 0.481 e. The van der Waals surface area contributed by atoms with Crippen LogP contribution in [0.3, 0.4) is 0 Å². The number of amides is 2. The van der Waals surface area contributed by atoms with Gasteiger partial charge in [0.15, 0.2) is 0 Å². The van der Waals surface area contributed by atoms with E-state index in [0.29, 0.717) is 5.92 Å². The number of carboxylic acid groups (broad SMARTS) is 1. The second-order valence-electron chi connectivity index (χ2n) is 5.86. The van der Waals surface area contributed by atoms with E-state index in [1.807, 2.05) is 0 Å². The van der Waals surface area contributed by atoms with E-state index in [2.05, 4.69) is 17.6 Å². The van der Waals surface area contributed by atoms with E-state index in [9.17, 15) is 14.7 Å². The minimum absolute atomic E-state index is 0.0760. The van der Waals surface area contributed by atoms with Gasteiger partial charge in [0.25, 0.3) is 0 Å². The van der Waals surface area contributed by atoms with Crippen molar-refractivity contribution in [1.82, 2.24) is 10.6 Å². The van der Waals surface area contributed by atoms with Crippen LogP contribution in [0.15, 0.2) is 0 Å². The number of nitrogens with one attached hydrogen (secondary N) is 2. The maximum atomic E-state index is 11.7. The van der Waals surface area contributed by atoms with Crippen LogP contribution < -0.4 is 10.6 Å². The van der Waals surface area contributed by atoms with Crippen molar-refractivity contribution < 1.29 is 19.8 Å². The molecule has 0 aromatic heterocycles. The fourth-order valence-electron chi connectivity index (χ4n) is 2.46. The van der Waals surface area contributed by atoms with E-state index in [1.54, 1.807) is 0 Å². The zero-order valence-corrected chi connectivity index (χ0v) is 11.6. The molecule has 19 heavy (non-hydrogen) atoms. The molecule has 0 aromatic carbocycles. The first kappa shape index (κ1) is 15.8. The lowest BCUT2D eigenvalue weighted by Crippen LogP contribution is -2.49. The smallest absolute Gasteiger partial charge is 0.315 e. The summed E-state index contributed by atoms with van der Waals surface area (Å²) >= 11 is 0. The second-order valence-corrected chi connectivity index (χ2v) is 5.86. The second kappa shape index (κ2) is 6.75.